The summed E-state index contributed by atoms with van der Waals surface area (Å²) >= 11 is 0. The number of benzene rings is 3. The molecule has 1 atom stereocenters. The van der Waals surface area contributed by atoms with Crippen LogP contribution in [0.3, 0.4) is 0 Å². The summed E-state index contributed by atoms with van der Waals surface area (Å²) in [6.45, 7) is 1.26. The summed E-state index contributed by atoms with van der Waals surface area (Å²) in [6.07, 6.45) is 8.42. The summed E-state index contributed by atoms with van der Waals surface area (Å²) in [4.78, 5) is 0. The Kier molecular flexibility index (Phi) is 9.60. The highest BCUT2D eigenvalue weighted by Crippen LogP contribution is 2.26. The lowest BCUT2D eigenvalue weighted by molar-refractivity contribution is 0.344. The van der Waals surface area contributed by atoms with Crippen LogP contribution in [0.15, 0.2) is 78.4 Å². The normalized spacial score (nSPS) is 12.7. The van der Waals surface area contributed by atoms with E-state index in [1.54, 1.807) is 7.11 Å². The first-order valence-corrected chi connectivity index (χ1v) is 11.6. The van der Waals surface area contributed by atoms with Crippen LogP contribution >= 0.6 is 0 Å². The maximum Gasteiger partial charge on any atom is 0.127 e. The van der Waals surface area contributed by atoms with Crippen molar-refractivity contribution in [3.05, 3.63) is 83.9 Å². The van der Waals surface area contributed by atoms with Gasteiger partial charge in [-0.1, -0.05) is 61.0 Å². The third kappa shape index (κ3) is 7.11. The van der Waals surface area contributed by atoms with Gasteiger partial charge in [-0.3, -0.25) is 0 Å². The molecule has 4 nitrogen and oxygen atoms in total. The van der Waals surface area contributed by atoms with E-state index in [1.807, 2.05) is 36.4 Å². The van der Waals surface area contributed by atoms with Gasteiger partial charge in [0.25, 0.3) is 0 Å². The fourth-order valence-corrected chi connectivity index (χ4v) is 3.85. The Morgan fingerprint density at radius 1 is 0.938 bits per heavy atom. The van der Waals surface area contributed by atoms with Crippen LogP contribution in [-0.2, 0) is 6.42 Å². The lowest BCUT2D eigenvalue weighted by atomic mass is 9.98. The van der Waals surface area contributed by atoms with E-state index in [0.29, 0.717) is 6.61 Å². The molecule has 0 fully saturated rings. The first-order chi connectivity index (χ1) is 15.7. The minimum atomic E-state index is -0.0402. The zero-order chi connectivity index (χ0) is 22.6. The summed E-state index contributed by atoms with van der Waals surface area (Å²) in [5, 5.41) is 2.31. The topological polar surface area (TPSA) is 70.5 Å². The number of unbranched alkanes of at least 4 members (excludes halogenated alkanes) is 3. The number of rotatable bonds is 13. The van der Waals surface area contributed by atoms with Gasteiger partial charge in [0.05, 0.1) is 7.11 Å². The number of methoxy groups -OCH3 is 1. The van der Waals surface area contributed by atoms with E-state index in [4.69, 9.17) is 20.9 Å². The van der Waals surface area contributed by atoms with Gasteiger partial charge in [-0.2, -0.15) is 0 Å². The quantitative estimate of drug-likeness (QED) is 0.271. The Bertz CT molecular complexity index is 977. The molecule has 3 aromatic carbocycles. The Labute approximate surface area is 192 Å². The molecule has 4 N–H and O–H groups in total. The molecule has 0 aliphatic rings. The average molecular weight is 433 g/mol. The van der Waals surface area contributed by atoms with E-state index in [0.717, 1.165) is 62.0 Å². The van der Waals surface area contributed by atoms with Gasteiger partial charge in [0.15, 0.2) is 0 Å². The highest BCUT2D eigenvalue weighted by Gasteiger charge is 2.12. The molecule has 0 saturated carbocycles. The molecule has 32 heavy (non-hydrogen) atoms. The summed E-state index contributed by atoms with van der Waals surface area (Å²) in [7, 11) is 1.69. The predicted octanol–water partition coefficient (Wildman–Crippen LogP) is 5.63. The standard InChI is InChI=1S/C28H36N2O2/c1-31-25-17-14-22(15-18-25)16-19-27(30)24(10-4-2-3-7-20-29)21-32-28-13-8-11-23-9-5-6-12-26(23)28/h5-6,8-15,17-18,27H,2-4,7,16,19-21,29-30H2,1H3. The molecule has 170 valence electrons. The molecule has 0 aliphatic carbocycles. The SMILES string of the molecule is COc1ccc(CCC(N)C(=CCCCCCN)COc2cccc3ccccc23)cc1. The van der Waals surface area contributed by atoms with Crippen LogP contribution in [0.1, 0.15) is 37.7 Å². The minimum absolute atomic E-state index is 0.0402. The van der Waals surface area contributed by atoms with Crippen molar-refractivity contribution in [1.29, 1.82) is 0 Å². The van der Waals surface area contributed by atoms with Crippen molar-refractivity contribution in [2.45, 2.75) is 44.6 Å². The van der Waals surface area contributed by atoms with E-state index in [1.165, 1.54) is 16.5 Å². The molecule has 0 aromatic heterocycles. The summed E-state index contributed by atoms with van der Waals surface area (Å²) < 4.78 is 11.5. The van der Waals surface area contributed by atoms with Crippen LogP contribution in [0.4, 0.5) is 0 Å². The third-order valence-corrected chi connectivity index (χ3v) is 5.84. The number of hydrogen-bond donors (Lipinski definition) is 2. The van der Waals surface area contributed by atoms with Crippen LogP contribution < -0.4 is 20.9 Å². The van der Waals surface area contributed by atoms with Crippen LogP contribution in [-0.4, -0.2) is 26.3 Å². The average Bonchev–Trinajstić information content (AvgIpc) is 2.84. The number of allylic oxidation sites excluding steroid dienone is 1. The Morgan fingerprint density at radius 3 is 2.50 bits per heavy atom. The number of ether oxygens (including phenoxy) is 2. The molecular formula is C28H36N2O2. The predicted molar refractivity (Wildman–Crippen MR) is 134 cm³/mol. The molecule has 0 spiro atoms. The number of hydrogen-bond acceptors (Lipinski definition) is 4. The smallest absolute Gasteiger partial charge is 0.127 e. The van der Waals surface area contributed by atoms with Crippen molar-refractivity contribution in [3.8, 4) is 11.5 Å². The molecule has 3 rings (SSSR count). The van der Waals surface area contributed by atoms with Crippen molar-refractivity contribution in [3.63, 3.8) is 0 Å². The Balaban J connectivity index is 1.65. The molecule has 4 heteroatoms. The van der Waals surface area contributed by atoms with Crippen molar-refractivity contribution in [2.75, 3.05) is 20.3 Å². The number of nitrogens with two attached hydrogens (primary N) is 2. The first-order valence-electron chi connectivity index (χ1n) is 11.6. The molecule has 0 heterocycles. The molecule has 1 unspecified atom stereocenters. The lowest BCUT2D eigenvalue weighted by Crippen LogP contribution is -2.27. The van der Waals surface area contributed by atoms with Crippen LogP contribution in [0.25, 0.3) is 10.8 Å². The molecule has 0 bridgehead atoms. The zero-order valence-corrected chi connectivity index (χ0v) is 19.1. The van der Waals surface area contributed by atoms with E-state index >= 15 is 0 Å². The molecule has 0 aliphatic heterocycles. The van der Waals surface area contributed by atoms with Crippen molar-refractivity contribution in [2.24, 2.45) is 11.5 Å². The lowest BCUT2D eigenvalue weighted by Gasteiger charge is -2.18. The van der Waals surface area contributed by atoms with Gasteiger partial charge in [-0.25, -0.2) is 0 Å². The van der Waals surface area contributed by atoms with E-state index in [-0.39, 0.29) is 6.04 Å². The van der Waals surface area contributed by atoms with Gasteiger partial charge in [-0.05, 0) is 73.4 Å². The summed E-state index contributed by atoms with van der Waals surface area (Å²) in [5.41, 5.74) is 14.7. The van der Waals surface area contributed by atoms with Crippen LogP contribution in [0, 0.1) is 0 Å². The summed E-state index contributed by atoms with van der Waals surface area (Å²) in [6, 6.07) is 22.7. The highest BCUT2D eigenvalue weighted by atomic mass is 16.5. The van der Waals surface area contributed by atoms with Crippen molar-refractivity contribution < 1.29 is 9.47 Å². The van der Waals surface area contributed by atoms with Crippen molar-refractivity contribution >= 4 is 10.8 Å². The fraction of sp³-hybridized carbons (Fsp3) is 0.357. The summed E-state index contributed by atoms with van der Waals surface area (Å²) in [5.74, 6) is 1.78. The van der Waals surface area contributed by atoms with Gasteiger partial charge in [0, 0.05) is 11.4 Å². The van der Waals surface area contributed by atoms with E-state index in [9.17, 15) is 0 Å². The van der Waals surface area contributed by atoms with Gasteiger partial charge in [-0.15, -0.1) is 0 Å². The maximum atomic E-state index is 6.65. The largest absolute Gasteiger partial charge is 0.497 e. The molecular weight excluding hydrogens is 396 g/mol. The van der Waals surface area contributed by atoms with Gasteiger partial charge >= 0.3 is 0 Å². The second kappa shape index (κ2) is 12.9. The maximum absolute atomic E-state index is 6.65. The van der Waals surface area contributed by atoms with Gasteiger partial charge in [0.1, 0.15) is 18.1 Å². The second-order valence-corrected chi connectivity index (χ2v) is 8.18. The minimum Gasteiger partial charge on any atom is -0.497 e. The number of fused-ring (bicyclic) bond motifs is 1. The second-order valence-electron chi connectivity index (χ2n) is 8.18. The highest BCUT2D eigenvalue weighted by molar-refractivity contribution is 5.88. The Morgan fingerprint density at radius 2 is 1.72 bits per heavy atom. The van der Waals surface area contributed by atoms with Crippen molar-refractivity contribution in [1.82, 2.24) is 0 Å². The Hall–Kier alpha value is -2.82. The van der Waals surface area contributed by atoms with Crippen LogP contribution in [0.5, 0.6) is 11.5 Å². The van der Waals surface area contributed by atoms with Gasteiger partial charge < -0.3 is 20.9 Å². The molecule has 0 saturated heterocycles. The molecule has 3 aromatic rings. The van der Waals surface area contributed by atoms with E-state index < -0.39 is 0 Å². The third-order valence-electron chi connectivity index (χ3n) is 5.84. The monoisotopic (exact) mass is 432 g/mol. The van der Waals surface area contributed by atoms with E-state index in [2.05, 4.69) is 36.4 Å². The zero-order valence-electron chi connectivity index (χ0n) is 19.1. The fourth-order valence-electron chi connectivity index (χ4n) is 3.85. The van der Waals surface area contributed by atoms with Gasteiger partial charge in [0.2, 0.25) is 0 Å². The first kappa shape index (κ1) is 23.8. The molecule has 0 amide bonds. The molecule has 0 radical (unpaired) electrons. The van der Waals surface area contributed by atoms with Crippen LogP contribution in [0.2, 0.25) is 0 Å². The number of aryl methyl sites for hydroxylation is 1.